The van der Waals surface area contributed by atoms with Crippen molar-refractivity contribution in [2.75, 3.05) is 14.1 Å². The van der Waals surface area contributed by atoms with Crippen LogP contribution in [0.5, 0.6) is 0 Å². The lowest BCUT2D eigenvalue weighted by atomic mass is 10.2. The van der Waals surface area contributed by atoms with Gasteiger partial charge in [-0.2, -0.15) is 0 Å². The predicted molar refractivity (Wildman–Crippen MR) is 86.3 cm³/mol. The Balaban J connectivity index is 1.94. The highest BCUT2D eigenvalue weighted by atomic mass is 79.9. The molecule has 0 fully saturated rings. The first-order chi connectivity index (χ1) is 9.69. The van der Waals surface area contributed by atoms with E-state index in [2.05, 4.69) is 68.5 Å². The third kappa shape index (κ3) is 4.40. The predicted octanol–water partition coefficient (Wildman–Crippen LogP) is 3.20. The Morgan fingerprint density at radius 2 is 1.95 bits per heavy atom. The molecule has 20 heavy (non-hydrogen) atoms. The molecule has 2 rings (SSSR count). The number of hydrogen-bond donors (Lipinski definition) is 1. The molecule has 0 aliphatic rings. The molecule has 0 spiro atoms. The molecule has 1 N–H and O–H groups in total. The molecule has 0 amide bonds. The van der Waals surface area contributed by atoms with Gasteiger partial charge in [0.1, 0.15) is 0 Å². The summed E-state index contributed by atoms with van der Waals surface area (Å²) in [6.07, 6.45) is 1.94. The summed E-state index contributed by atoms with van der Waals surface area (Å²) in [5, 5.41) is 3.13. The van der Waals surface area contributed by atoms with E-state index < -0.39 is 0 Å². The van der Waals surface area contributed by atoms with E-state index in [1.54, 1.807) is 0 Å². The first kappa shape index (κ1) is 15.2. The van der Waals surface area contributed by atoms with Crippen molar-refractivity contribution in [3.63, 3.8) is 0 Å². The van der Waals surface area contributed by atoms with Crippen LogP contribution in [0.2, 0.25) is 0 Å². The molecule has 0 saturated heterocycles. The monoisotopic (exact) mass is 333 g/mol. The summed E-state index contributed by atoms with van der Waals surface area (Å²) in [7, 11) is 4.06. The van der Waals surface area contributed by atoms with Crippen molar-refractivity contribution < 1.29 is 0 Å². The van der Waals surface area contributed by atoms with Crippen LogP contribution >= 0.6 is 15.9 Å². The van der Waals surface area contributed by atoms with E-state index in [1.165, 1.54) is 11.1 Å². The van der Waals surface area contributed by atoms with Gasteiger partial charge in [0.15, 0.2) is 0 Å². The molecule has 0 aliphatic carbocycles. The minimum absolute atomic E-state index is 0.848. The van der Waals surface area contributed by atoms with E-state index in [9.17, 15) is 0 Å². The fourth-order valence-corrected chi connectivity index (χ4v) is 2.52. The number of benzene rings is 1. The van der Waals surface area contributed by atoms with E-state index >= 15 is 0 Å². The van der Waals surface area contributed by atoms with Gasteiger partial charge in [0.05, 0.1) is 5.69 Å². The maximum absolute atomic E-state index is 4.51. The Kier molecular flexibility index (Phi) is 5.71. The fourth-order valence-electron chi connectivity index (χ4n) is 2.11. The van der Waals surface area contributed by atoms with Crippen LogP contribution in [0.3, 0.4) is 0 Å². The van der Waals surface area contributed by atoms with Gasteiger partial charge in [-0.15, -0.1) is 0 Å². The van der Waals surface area contributed by atoms with Crippen LogP contribution in [0, 0.1) is 0 Å². The van der Waals surface area contributed by atoms with Crippen molar-refractivity contribution in [1.82, 2.24) is 15.2 Å². The summed E-state index contributed by atoms with van der Waals surface area (Å²) >= 11 is 3.59. The van der Waals surface area contributed by atoms with Gasteiger partial charge in [-0.25, -0.2) is 0 Å². The smallest absolute Gasteiger partial charge is 0.0544 e. The largest absolute Gasteiger partial charge is 0.316 e. The zero-order valence-electron chi connectivity index (χ0n) is 11.9. The van der Waals surface area contributed by atoms with Gasteiger partial charge in [0.2, 0.25) is 0 Å². The Morgan fingerprint density at radius 3 is 2.60 bits per heavy atom. The summed E-state index contributed by atoms with van der Waals surface area (Å²) in [5.41, 5.74) is 3.60. The number of nitrogens with one attached hydrogen (secondary N) is 1. The highest BCUT2D eigenvalue weighted by Crippen LogP contribution is 2.17. The van der Waals surface area contributed by atoms with Crippen LogP contribution in [0.1, 0.15) is 16.8 Å². The molecule has 1 aromatic heterocycles. The maximum Gasteiger partial charge on any atom is 0.0544 e. The molecule has 106 valence electrons. The number of halogens is 1. The first-order valence-electron chi connectivity index (χ1n) is 6.69. The number of hydrogen-bond acceptors (Lipinski definition) is 3. The van der Waals surface area contributed by atoms with Gasteiger partial charge in [0.25, 0.3) is 0 Å². The van der Waals surface area contributed by atoms with Crippen LogP contribution in [-0.4, -0.2) is 24.0 Å². The van der Waals surface area contributed by atoms with Crippen LogP contribution in [0.25, 0.3) is 0 Å². The molecule has 1 aromatic carbocycles. The van der Waals surface area contributed by atoms with E-state index in [4.69, 9.17) is 0 Å². The van der Waals surface area contributed by atoms with Gasteiger partial charge in [-0.3, -0.25) is 9.88 Å². The highest BCUT2D eigenvalue weighted by molar-refractivity contribution is 9.10. The third-order valence-electron chi connectivity index (χ3n) is 3.10. The van der Waals surface area contributed by atoms with Crippen molar-refractivity contribution in [3.8, 4) is 0 Å². The van der Waals surface area contributed by atoms with Gasteiger partial charge in [-0.1, -0.05) is 40.2 Å². The number of pyridine rings is 1. The van der Waals surface area contributed by atoms with Crippen LogP contribution in [0.4, 0.5) is 0 Å². The Bertz CT molecular complexity index is 540. The Hall–Kier alpha value is -1.23. The zero-order valence-corrected chi connectivity index (χ0v) is 13.5. The van der Waals surface area contributed by atoms with Crippen LogP contribution < -0.4 is 5.32 Å². The van der Waals surface area contributed by atoms with Gasteiger partial charge in [0, 0.05) is 30.3 Å². The topological polar surface area (TPSA) is 28.2 Å². The second-order valence-electron chi connectivity index (χ2n) is 4.95. The normalized spacial score (nSPS) is 11.0. The highest BCUT2D eigenvalue weighted by Gasteiger charge is 2.05. The van der Waals surface area contributed by atoms with E-state index in [0.717, 1.165) is 29.8 Å². The lowest BCUT2D eigenvalue weighted by Gasteiger charge is -2.17. The number of aromatic nitrogens is 1. The molecule has 0 atom stereocenters. The molecule has 0 radical (unpaired) electrons. The Morgan fingerprint density at radius 1 is 1.15 bits per heavy atom. The number of rotatable bonds is 6. The summed E-state index contributed by atoms with van der Waals surface area (Å²) < 4.78 is 1.16. The van der Waals surface area contributed by atoms with Crippen LogP contribution in [-0.2, 0) is 19.6 Å². The molecule has 0 saturated carbocycles. The van der Waals surface area contributed by atoms with Gasteiger partial charge >= 0.3 is 0 Å². The minimum atomic E-state index is 0.848. The second kappa shape index (κ2) is 7.53. The van der Waals surface area contributed by atoms with Crippen molar-refractivity contribution in [3.05, 3.63) is 63.9 Å². The molecule has 0 bridgehead atoms. The number of nitrogens with zero attached hydrogens (tertiary/aromatic N) is 2. The van der Waals surface area contributed by atoms with Crippen LogP contribution in [0.15, 0.2) is 47.1 Å². The molecular weight excluding hydrogens is 314 g/mol. The maximum atomic E-state index is 4.51. The first-order valence-corrected chi connectivity index (χ1v) is 7.48. The minimum Gasteiger partial charge on any atom is -0.316 e. The molecular formula is C16H20BrN3. The van der Waals surface area contributed by atoms with E-state index in [0.29, 0.717) is 0 Å². The van der Waals surface area contributed by atoms with Crippen molar-refractivity contribution in [1.29, 1.82) is 0 Å². The van der Waals surface area contributed by atoms with Crippen molar-refractivity contribution >= 4 is 15.9 Å². The fraction of sp³-hybridized carbons (Fsp3) is 0.312. The molecule has 2 aromatic rings. The zero-order chi connectivity index (χ0) is 14.4. The summed E-state index contributed by atoms with van der Waals surface area (Å²) in [6.45, 7) is 2.61. The second-order valence-corrected chi connectivity index (χ2v) is 5.81. The summed E-state index contributed by atoms with van der Waals surface area (Å²) in [6, 6.07) is 12.6. The molecule has 3 nitrogen and oxygen atoms in total. The molecule has 0 unspecified atom stereocenters. The molecule has 4 heteroatoms. The van der Waals surface area contributed by atoms with E-state index in [1.807, 2.05) is 19.3 Å². The standard InChI is InChI=1S/C16H20BrN3/c1-18-9-13-7-8-15(19-10-13)12-20(2)11-14-5-3-4-6-16(14)17/h3-8,10,18H,9,11-12H2,1-2H3. The van der Waals surface area contributed by atoms with E-state index in [-0.39, 0.29) is 0 Å². The van der Waals surface area contributed by atoms with Gasteiger partial charge in [-0.05, 0) is 37.4 Å². The molecule has 0 aliphatic heterocycles. The SMILES string of the molecule is CNCc1ccc(CN(C)Cc2ccccc2Br)nc1. The average molecular weight is 334 g/mol. The average Bonchev–Trinajstić information content (AvgIpc) is 2.44. The Labute approximate surface area is 129 Å². The summed E-state index contributed by atoms with van der Waals surface area (Å²) in [5.74, 6) is 0. The quantitative estimate of drug-likeness (QED) is 0.879. The third-order valence-corrected chi connectivity index (χ3v) is 3.87. The molecule has 1 heterocycles. The summed E-state index contributed by atoms with van der Waals surface area (Å²) in [4.78, 5) is 6.77. The lowest BCUT2D eigenvalue weighted by Crippen LogP contribution is -2.18. The van der Waals surface area contributed by atoms with Crippen molar-refractivity contribution in [2.45, 2.75) is 19.6 Å². The van der Waals surface area contributed by atoms with Gasteiger partial charge < -0.3 is 5.32 Å². The van der Waals surface area contributed by atoms with Crippen molar-refractivity contribution in [2.24, 2.45) is 0 Å². The lowest BCUT2D eigenvalue weighted by molar-refractivity contribution is 0.314.